The molecule has 3 heteroatoms. The van der Waals surface area contributed by atoms with E-state index in [2.05, 4.69) is 6.92 Å². The van der Waals surface area contributed by atoms with E-state index >= 15 is 0 Å². The molecular weight excluding hydrogens is 232 g/mol. The van der Waals surface area contributed by atoms with Crippen molar-refractivity contribution in [2.75, 3.05) is 0 Å². The fourth-order valence-electron chi connectivity index (χ4n) is 3.02. The van der Waals surface area contributed by atoms with E-state index in [1.54, 1.807) is 6.07 Å². The first-order valence-electron chi connectivity index (χ1n) is 6.61. The minimum atomic E-state index is -0.496. The molecule has 96 valence electrons. The van der Waals surface area contributed by atoms with Crippen LogP contribution in [0.15, 0.2) is 24.4 Å². The van der Waals surface area contributed by atoms with E-state index in [0.717, 1.165) is 24.8 Å². The summed E-state index contributed by atoms with van der Waals surface area (Å²) in [4.78, 5) is 0. The van der Waals surface area contributed by atoms with Crippen LogP contribution in [0.2, 0.25) is 0 Å². The second-order valence-corrected chi connectivity index (χ2v) is 5.46. The third-order valence-corrected chi connectivity index (χ3v) is 4.13. The van der Waals surface area contributed by atoms with Crippen LogP contribution in [-0.4, -0.2) is 4.57 Å². The van der Waals surface area contributed by atoms with Crippen LogP contribution in [0.4, 0.5) is 8.78 Å². The molecule has 0 amide bonds. The number of halogens is 2. The predicted molar refractivity (Wildman–Crippen MR) is 68.5 cm³/mol. The molecule has 1 nitrogen and oxygen atoms in total. The molecule has 0 radical (unpaired) electrons. The molecule has 2 aromatic rings. The first-order valence-corrected chi connectivity index (χ1v) is 6.61. The standard InChI is InChI=1S/C15H17F2N/c1-10-2-4-12(5-3-10)18-7-6-13-14(17)8-11(16)9-15(13)18/h6-10,12H,2-5H2,1H3. The average molecular weight is 249 g/mol. The van der Waals surface area contributed by atoms with E-state index in [4.69, 9.17) is 0 Å². The minimum absolute atomic E-state index is 0.389. The van der Waals surface area contributed by atoms with Gasteiger partial charge in [-0.1, -0.05) is 6.92 Å². The second-order valence-electron chi connectivity index (χ2n) is 5.46. The molecule has 0 N–H and O–H groups in total. The second kappa shape index (κ2) is 4.38. The van der Waals surface area contributed by atoms with Crippen LogP contribution >= 0.6 is 0 Å². The summed E-state index contributed by atoms with van der Waals surface area (Å²) in [6.45, 7) is 2.27. The fourth-order valence-corrected chi connectivity index (χ4v) is 3.02. The summed E-state index contributed by atoms with van der Waals surface area (Å²) in [5, 5.41) is 0.523. The molecule has 0 saturated heterocycles. The maximum atomic E-state index is 13.6. The van der Waals surface area contributed by atoms with Crippen molar-refractivity contribution in [1.82, 2.24) is 4.57 Å². The van der Waals surface area contributed by atoms with Crippen LogP contribution in [0, 0.1) is 17.6 Å². The van der Waals surface area contributed by atoms with Crippen LogP contribution in [0.25, 0.3) is 10.9 Å². The Morgan fingerprint density at radius 2 is 1.83 bits per heavy atom. The van der Waals surface area contributed by atoms with Gasteiger partial charge in [0.05, 0.1) is 5.52 Å². The van der Waals surface area contributed by atoms with Gasteiger partial charge in [0.25, 0.3) is 0 Å². The number of nitrogens with zero attached hydrogens (tertiary/aromatic N) is 1. The Bertz CT molecular complexity index is 565. The number of hydrogen-bond donors (Lipinski definition) is 0. The number of benzene rings is 1. The van der Waals surface area contributed by atoms with Gasteiger partial charge in [0.2, 0.25) is 0 Å². The summed E-state index contributed by atoms with van der Waals surface area (Å²) in [6, 6.07) is 4.54. The molecule has 1 aromatic carbocycles. The summed E-state index contributed by atoms with van der Waals surface area (Å²) < 4.78 is 29.0. The molecule has 0 spiro atoms. The van der Waals surface area contributed by atoms with Crippen molar-refractivity contribution >= 4 is 10.9 Å². The van der Waals surface area contributed by atoms with Gasteiger partial charge in [0, 0.05) is 23.7 Å². The molecule has 1 aromatic heterocycles. The van der Waals surface area contributed by atoms with Crippen LogP contribution in [0.3, 0.4) is 0 Å². The lowest BCUT2D eigenvalue weighted by molar-refractivity contribution is 0.294. The zero-order valence-electron chi connectivity index (χ0n) is 10.5. The number of fused-ring (bicyclic) bond motifs is 1. The molecule has 0 bridgehead atoms. The van der Waals surface area contributed by atoms with E-state index in [0.29, 0.717) is 16.9 Å². The molecule has 1 aliphatic rings. The quantitative estimate of drug-likeness (QED) is 0.692. The van der Waals surface area contributed by atoms with Crippen LogP contribution in [0.1, 0.15) is 38.6 Å². The van der Waals surface area contributed by atoms with Crippen molar-refractivity contribution in [1.29, 1.82) is 0 Å². The summed E-state index contributed by atoms with van der Waals surface area (Å²) in [5.41, 5.74) is 0.687. The highest BCUT2D eigenvalue weighted by Crippen LogP contribution is 2.34. The maximum Gasteiger partial charge on any atom is 0.135 e. The van der Waals surface area contributed by atoms with Crippen molar-refractivity contribution in [3.63, 3.8) is 0 Å². The van der Waals surface area contributed by atoms with Gasteiger partial charge in [-0.15, -0.1) is 0 Å². The SMILES string of the molecule is CC1CCC(n2ccc3c(F)cc(F)cc32)CC1. The molecule has 3 rings (SSSR count). The summed E-state index contributed by atoms with van der Waals surface area (Å²) in [7, 11) is 0. The third kappa shape index (κ3) is 1.92. The maximum absolute atomic E-state index is 13.6. The Morgan fingerprint density at radius 1 is 1.11 bits per heavy atom. The molecule has 18 heavy (non-hydrogen) atoms. The normalized spacial score (nSPS) is 24.6. The van der Waals surface area contributed by atoms with E-state index in [1.165, 1.54) is 18.9 Å². The van der Waals surface area contributed by atoms with Gasteiger partial charge < -0.3 is 4.57 Å². The predicted octanol–water partition coefficient (Wildman–Crippen LogP) is 4.67. The van der Waals surface area contributed by atoms with Gasteiger partial charge >= 0.3 is 0 Å². The Kier molecular flexibility index (Phi) is 2.84. The van der Waals surface area contributed by atoms with Gasteiger partial charge in [0.1, 0.15) is 11.6 Å². The van der Waals surface area contributed by atoms with Gasteiger partial charge in [-0.3, -0.25) is 0 Å². The Morgan fingerprint density at radius 3 is 2.56 bits per heavy atom. The molecule has 0 unspecified atom stereocenters. The fraction of sp³-hybridized carbons (Fsp3) is 0.467. The van der Waals surface area contributed by atoms with Crippen molar-refractivity contribution in [3.05, 3.63) is 36.0 Å². The van der Waals surface area contributed by atoms with Crippen LogP contribution in [-0.2, 0) is 0 Å². The minimum Gasteiger partial charge on any atom is -0.344 e. The van der Waals surface area contributed by atoms with Gasteiger partial charge in [-0.05, 0) is 43.7 Å². The number of rotatable bonds is 1. The van der Waals surface area contributed by atoms with E-state index in [9.17, 15) is 8.78 Å². The highest BCUT2D eigenvalue weighted by Gasteiger charge is 2.21. The summed E-state index contributed by atoms with van der Waals surface area (Å²) in [5.74, 6) is -0.186. The monoisotopic (exact) mass is 249 g/mol. The highest BCUT2D eigenvalue weighted by molar-refractivity contribution is 5.81. The van der Waals surface area contributed by atoms with Crippen molar-refractivity contribution in [3.8, 4) is 0 Å². The first-order chi connectivity index (χ1) is 8.65. The molecular formula is C15H17F2N. The van der Waals surface area contributed by atoms with Crippen molar-refractivity contribution in [2.45, 2.75) is 38.6 Å². The average Bonchev–Trinajstić information content (AvgIpc) is 2.74. The first kappa shape index (κ1) is 11.7. The van der Waals surface area contributed by atoms with Crippen molar-refractivity contribution in [2.24, 2.45) is 5.92 Å². The van der Waals surface area contributed by atoms with E-state index in [-0.39, 0.29) is 0 Å². The third-order valence-electron chi connectivity index (χ3n) is 4.13. The van der Waals surface area contributed by atoms with Crippen LogP contribution in [0.5, 0.6) is 0 Å². The van der Waals surface area contributed by atoms with E-state index < -0.39 is 11.6 Å². The molecule has 1 fully saturated rings. The lowest BCUT2D eigenvalue weighted by Crippen LogP contribution is -2.16. The van der Waals surface area contributed by atoms with Crippen molar-refractivity contribution < 1.29 is 8.78 Å². The summed E-state index contributed by atoms with van der Waals surface area (Å²) in [6.07, 6.45) is 6.49. The molecule has 0 atom stereocenters. The Hall–Kier alpha value is -1.38. The van der Waals surface area contributed by atoms with Gasteiger partial charge in [-0.2, -0.15) is 0 Å². The van der Waals surface area contributed by atoms with Crippen LogP contribution < -0.4 is 0 Å². The largest absolute Gasteiger partial charge is 0.344 e. The highest BCUT2D eigenvalue weighted by atomic mass is 19.1. The number of aromatic nitrogens is 1. The Balaban J connectivity index is 2.02. The smallest absolute Gasteiger partial charge is 0.135 e. The molecule has 1 saturated carbocycles. The zero-order chi connectivity index (χ0) is 12.7. The topological polar surface area (TPSA) is 4.93 Å². The van der Waals surface area contributed by atoms with Gasteiger partial charge in [-0.25, -0.2) is 8.78 Å². The molecule has 0 aliphatic heterocycles. The lowest BCUT2D eigenvalue weighted by Gasteiger charge is -2.28. The van der Waals surface area contributed by atoms with E-state index in [1.807, 2.05) is 10.8 Å². The lowest BCUT2D eigenvalue weighted by atomic mass is 9.87. The number of hydrogen-bond acceptors (Lipinski definition) is 0. The Labute approximate surface area is 105 Å². The molecule has 1 aliphatic carbocycles. The molecule has 1 heterocycles. The van der Waals surface area contributed by atoms with Gasteiger partial charge in [0.15, 0.2) is 0 Å². The summed E-state index contributed by atoms with van der Waals surface area (Å²) >= 11 is 0. The zero-order valence-corrected chi connectivity index (χ0v) is 10.5.